The van der Waals surface area contributed by atoms with Crippen molar-refractivity contribution in [2.45, 2.75) is 12.6 Å². The predicted molar refractivity (Wildman–Crippen MR) is 87.9 cm³/mol. The third-order valence-corrected chi connectivity index (χ3v) is 3.55. The van der Waals surface area contributed by atoms with E-state index in [2.05, 4.69) is 10.2 Å². The largest absolute Gasteiger partial charge is 0.478 e. The molecule has 0 aliphatic carbocycles. The van der Waals surface area contributed by atoms with Crippen molar-refractivity contribution >= 4 is 5.97 Å². The van der Waals surface area contributed by atoms with E-state index in [-0.39, 0.29) is 17.4 Å². The monoisotopic (exact) mass is 316 g/mol. The Morgan fingerprint density at radius 3 is 2.52 bits per heavy atom. The van der Waals surface area contributed by atoms with Gasteiger partial charge in [-0.1, -0.05) is 24.3 Å². The smallest absolute Gasteiger partial charge is 0.335 e. The number of rotatable bonds is 7. The first kappa shape index (κ1) is 17.1. The van der Waals surface area contributed by atoms with Gasteiger partial charge in [0.2, 0.25) is 0 Å². The molecule has 0 aliphatic heterocycles. The lowest BCUT2D eigenvalue weighted by Crippen LogP contribution is -2.31. The summed E-state index contributed by atoms with van der Waals surface area (Å²) in [4.78, 5) is 13.1. The molecule has 2 rings (SSSR count). The highest BCUT2D eigenvalue weighted by Gasteiger charge is 2.13. The third-order valence-electron chi connectivity index (χ3n) is 3.55. The zero-order valence-electron chi connectivity index (χ0n) is 13.3. The van der Waals surface area contributed by atoms with Crippen molar-refractivity contribution in [2.24, 2.45) is 0 Å². The molecular weight excluding hydrogens is 295 g/mol. The van der Waals surface area contributed by atoms with Gasteiger partial charge in [0.15, 0.2) is 0 Å². The molecule has 0 fully saturated rings. The number of nitrogens with one attached hydrogen (secondary N) is 1. The molecule has 2 aromatic carbocycles. The Bertz CT molecular complexity index is 656. The molecule has 122 valence electrons. The third kappa shape index (κ3) is 5.16. The maximum absolute atomic E-state index is 13.1. The van der Waals surface area contributed by atoms with E-state index in [0.29, 0.717) is 6.54 Å². The summed E-state index contributed by atoms with van der Waals surface area (Å²) in [6, 6.07) is 13.3. The topological polar surface area (TPSA) is 52.6 Å². The summed E-state index contributed by atoms with van der Waals surface area (Å²) in [6.07, 6.45) is 0. The summed E-state index contributed by atoms with van der Waals surface area (Å²) in [5.74, 6) is -1.19. The van der Waals surface area contributed by atoms with E-state index in [1.807, 2.05) is 20.2 Å². The van der Waals surface area contributed by atoms with E-state index in [9.17, 15) is 9.18 Å². The highest BCUT2D eigenvalue weighted by Crippen LogP contribution is 2.16. The van der Waals surface area contributed by atoms with Gasteiger partial charge in [-0.15, -0.1) is 0 Å². The molecule has 0 aromatic heterocycles. The van der Waals surface area contributed by atoms with E-state index in [4.69, 9.17) is 5.11 Å². The Balaban J connectivity index is 2.10. The maximum Gasteiger partial charge on any atom is 0.335 e. The second-order valence-electron chi connectivity index (χ2n) is 5.75. The number of aromatic carboxylic acids is 1. The Labute approximate surface area is 135 Å². The molecule has 23 heavy (non-hydrogen) atoms. The predicted octanol–water partition coefficient (Wildman–Crippen LogP) is 2.92. The van der Waals surface area contributed by atoms with Crippen molar-refractivity contribution in [1.29, 1.82) is 0 Å². The second-order valence-corrected chi connectivity index (χ2v) is 5.75. The van der Waals surface area contributed by atoms with E-state index >= 15 is 0 Å². The fraction of sp³-hybridized carbons (Fsp3) is 0.278. The first-order chi connectivity index (χ1) is 11.0. The lowest BCUT2D eigenvalue weighted by Gasteiger charge is -2.23. The second kappa shape index (κ2) is 7.85. The van der Waals surface area contributed by atoms with E-state index in [1.54, 1.807) is 30.3 Å². The van der Waals surface area contributed by atoms with Crippen LogP contribution in [0.1, 0.15) is 27.5 Å². The molecule has 2 N–H and O–H groups in total. The fourth-order valence-corrected chi connectivity index (χ4v) is 2.40. The van der Waals surface area contributed by atoms with Crippen molar-refractivity contribution in [3.05, 3.63) is 71.0 Å². The molecular formula is C18H21FN2O2. The number of nitrogens with zero attached hydrogens (tertiary/aromatic N) is 1. The van der Waals surface area contributed by atoms with Crippen LogP contribution in [0.15, 0.2) is 48.5 Å². The lowest BCUT2D eigenvalue weighted by molar-refractivity contribution is 0.0696. The van der Waals surface area contributed by atoms with Crippen LogP contribution in [0, 0.1) is 5.82 Å². The molecule has 0 saturated carbocycles. The summed E-state index contributed by atoms with van der Waals surface area (Å²) >= 11 is 0. The Morgan fingerprint density at radius 1 is 1.22 bits per heavy atom. The first-order valence-corrected chi connectivity index (χ1v) is 7.41. The number of halogens is 1. The molecule has 0 amide bonds. The van der Waals surface area contributed by atoms with Crippen LogP contribution in [0.25, 0.3) is 0 Å². The Morgan fingerprint density at radius 2 is 1.91 bits per heavy atom. The average molecular weight is 316 g/mol. The molecule has 0 saturated heterocycles. The van der Waals surface area contributed by atoms with Crippen molar-refractivity contribution in [3.63, 3.8) is 0 Å². The Hall–Kier alpha value is -2.24. The number of hydrogen-bond donors (Lipinski definition) is 2. The number of carbonyl (C=O) groups is 1. The molecule has 4 nitrogen and oxygen atoms in total. The molecule has 5 heteroatoms. The minimum absolute atomic E-state index is 0.0269. The van der Waals surface area contributed by atoms with E-state index in [1.165, 1.54) is 12.1 Å². The number of likely N-dealkylation sites (N-methyl/N-ethyl adjacent to an activating group) is 1. The zero-order chi connectivity index (χ0) is 16.8. The van der Waals surface area contributed by atoms with E-state index in [0.717, 1.165) is 17.7 Å². The van der Waals surface area contributed by atoms with Crippen LogP contribution in [-0.2, 0) is 6.54 Å². The van der Waals surface area contributed by atoms with E-state index < -0.39 is 5.97 Å². The molecule has 1 unspecified atom stereocenters. The summed E-state index contributed by atoms with van der Waals surface area (Å²) in [7, 11) is 3.95. The summed E-state index contributed by atoms with van der Waals surface area (Å²) < 4.78 is 13.1. The van der Waals surface area contributed by atoms with Crippen LogP contribution in [0.5, 0.6) is 0 Å². The summed E-state index contributed by atoms with van der Waals surface area (Å²) in [5.41, 5.74) is 2.17. The molecule has 1 atom stereocenters. The van der Waals surface area contributed by atoms with Gasteiger partial charge in [0.25, 0.3) is 0 Å². The number of carboxylic acids is 1. The van der Waals surface area contributed by atoms with Crippen LogP contribution < -0.4 is 5.32 Å². The minimum Gasteiger partial charge on any atom is -0.478 e. The van der Waals surface area contributed by atoms with Gasteiger partial charge in [0.1, 0.15) is 5.82 Å². The van der Waals surface area contributed by atoms with Crippen LogP contribution >= 0.6 is 0 Å². The van der Waals surface area contributed by atoms with Crippen LogP contribution in [0.4, 0.5) is 4.39 Å². The van der Waals surface area contributed by atoms with Crippen molar-refractivity contribution < 1.29 is 14.3 Å². The fourth-order valence-electron chi connectivity index (χ4n) is 2.40. The van der Waals surface area contributed by atoms with Gasteiger partial charge in [-0.3, -0.25) is 0 Å². The van der Waals surface area contributed by atoms with Gasteiger partial charge in [0.05, 0.1) is 5.56 Å². The van der Waals surface area contributed by atoms with Gasteiger partial charge in [-0.25, -0.2) is 9.18 Å². The van der Waals surface area contributed by atoms with Crippen molar-refractivity contribution in [1.82, 2.24) is 10.2 Å². The highest BCUT2D eigenvalue weighted by atomic mass is 19.1. The molecule has 0 bridgehead atoms. The molecule has 0 aliphatic rings. The van der Waals surface area contributed by atoms with Crippen LogP contribution in [0.2, 0.25) is 0 Å². The summed E-state index contributed by atoms with van der Waals surface area (Å²) in [6.45, 7) is 1.29. The first-order valence-electron chi connectivity index (χ1n) is 7.41. The highest BCUT2D eigenvalue weighted by molar-refractivity contribution is 5.87. The maximum atomic E-state index is 13.1. The number of hydrogen-bond acceptors (Lipinski definition) is 3. The standard InChI is InChI=1S/C18H21FN2O2/c1-21(2)12-17(14-6-8-16(19)9-7-14)20-11-13-4-3-5-15(10-13)18(22)23/h3-10,17,20H,11-12H2,1-2H3,(H,22,23). The quantitative estimate of drug-likeness (QED) is 0.825. The SMILES string of the molecule is CN(C)CC(NCc1cccc(C(=O)O)c1)c1ccc(F)cc1. The molecule has 2 aromatic rings. The van der Waals surface area contributed by atoms with Gasteiger partial charge < -0.3 is 15.3 Å². The zero-order valence-corrected chi connectivity index (χ0v) is 13.3. The van der Waals surface area contributed by atoms with Crippen LogP contribution in [-0.4, -0.2) is 36.6 Å². The van der Waals surface area contributed by atoms with Gasteiger partial charge in [0, 0.05) is 19.1 Å². The molecule has 0 radical (unpaired) electrons. The number of benzene rings is 2. The van der Waals surface area contributed by atoms with Crippen LogP contribution in [0.3, 0.4) is 0 Å². The lowest BCUT2D eigenvalue weighted by atomic mass is 10.1. The van der Waals surface area contributed by atoms with Crippen molar-refractivity contribution in [2.75, 3.05) is 20.6 Å². The van der Waals surface area contributed by atoms with Gasteiger partial charge in [-0.2, -0.15) is 0 Å². The van der Waals surface area contributed by atoms with Gasteiger partial charge in [-0.05, 0) is 49.5 Å². The van der Waals surface area contributed by atoms with Gasteiger partial charge >= 0.3 is 5.97 Å². The number of carboxylic acid groups (broad SMARTS) is 1. The summed E-state index contributed by atoms with van der Waals surface area (Å²) in [5, 5.41) is 12.5. The van der Waals surface area contributed by atoms with Crippen molar-refractivity contribution in [3.8, 4) is 0 Å². The normalized spacial score (nSPS) is 12.3. The average Bonchev–Trinajstić information content (AvgIpc) is 2.52. The Kier molecular flexibility index (Phi) is 5.84. The molecule has 0 spiro atoms. The minimum atomic E-state index is -0.935. The molecule has 0 heterocycles.